The Balaban J connectivity index is 1.63. The van der Waals surface area contributed by atoms with Gasteiger partial charge in [-0.3, -0.25) is 4.79 Å². The van der Waals surface area contributed by atoms with Gasteiger partial charge in [-0.2, -0.15) is 0 Å². The van der Waals surface area contributed by atoms with Gasteiger partial charge in [0.25, 0.3) is 5.91 Å². The van der Waals surface area contributed by atoms with Gasteiger partial charge in [-0.05, 0) is 31.2 Å². The fraction of sp³-hybridized carbons (Fsp3) is 0.211. The van der Waals surface area contributed by atoms with E-state index in [9.17, 15) is 14.7 Å². The zero-order valence-corrected chi connectivity index (χ0v) is 15.2. The van der Waals surface area contributed by atoms with Crippen molar-refractivity contribution < 1.29 is 19.4 Å². The Morgan fingerprint density at radius 3 is 2.62 bits per heavy atom. The molecule has 134 valence electrons. The molecule has 0 fully saturated rings. The SMILES string of the molecule is C[C@H](c1nc2ccccc2s1)N(C)C(=O)COC(=O)c1ccccc1O. The first-order valence-corrected chi connectivity index (χ1v) is 8.85. The first-order chi connectivity index (χ1) is 12.5. The Morgan fingerprint density at radius 1 is 1.19 bits per heavy atom. The Labute approximate surface area is 154 Å². The zero-order valence-electron chi connectivity index (χ0n) is 14.4. The van der Waals surface area contributed by atoms with Crippen molar-refractivity contribution >= 4 is 33.4 Å². The van der Waals surface area contributed by atoms with Crippen LogP contribution in [-0.4, -0.2) is 40.5 Å². The van der Waals surface area contributed by atoms with Crippen LogP contribution in [0, 0.1) is 0 Å². The number of esters is 1. The molecule has 0 bridgehead atoms. The van der Waals surface area contributed by atoms with Gasteiger partial charge >= 0.3 is 5.97 Å². The molecule has 26 heavy (non-hydrogen) atoms. The minimum absolute atomic E-state index is 0.0298. The molecule has 1 N–H and O–H groups in total. The maximum Gasteiger partial charge on any atom is 0.342 e. The number of aromatic nitrogens is 1. The Bertz CT molecular complexity index is 920. The Morgan fingerprint density at radius 2 is 1.88 bits per heavy atom. The van der Waals surface area contributed by atoms with Crippen LogP contribution in [0.25, 0.3) is 10.2 Å². The fourth-order valence-electron chi connectivity index (χ4n) is 2.40. The smallest absolute Gasteiger partial charge is 0.342 e. The summed E-state index contributed by atoms with van der Waals surface area (Å²) in [6.07, 6.45) is 0. The molecule has 0 aliphatic heterocycles. The summed E-state index contributed by atoms with van der Waals surface area (Å²) in [6.45, 7) is 1.47. The lowest BCUT2D eigenvalue weighted by atomic mass is 10.2. The number of hydrogen-bond acceptors (Lipinski definition) is 6. The number of rotatable bonds is 5. The first-order valence-electron chi connectivity index (χ1n) is 8.03. The maximum absolute atomic E-state index is 12.4. The predicted molar refractivity (Wildman–Crippen MR) is 99.2 cm³/mol. The fourth-order valence-corrected chi connectivity index (χ4v) is 3.47. The Kier molecular flexibility index (Phi) is 5.18. The molecule has 0 radical (unpaired) electrons. The monoisotopic (exact) mass is 370 g/mol. The summed E-state index contributed by atoms with van der Waals surface area (Å²) < 4.78 is 6.09. The first kappa shape index (κ1) is 17.9. The van der Waals surface area contributed by atoms with Crippen molar-refractivity contribution in [1.29, 1.82) is 0 Å². The molecule has 1 amide bonds. The molecular formula is C19H18N2O4S. The second-order valence-corrected chi connectivity index (χ2v) is 6.86. The van der Waals surface area contributed by atoms with Gasteiger partial charge < -0.3 is 14.7 Å². The lowest BCUT2D eigenvalue weighted by Gasteiger charge is -2.23. The van der Waals surface area contributed by atoms with E-state index in [1.807, 2.05) is 31.2 Å². The lowest BCUT2D eigenvalue weighted by molar-refractivity contribution is -0.135. The second-order valence-electron chi connectivity index (χ2n) is 5.79. The third-order valence-electron chi connectivity index (χ3n) is 4.09. The van der Waals surface area contributed by atoms with Crippen LogP contribution in [0.2, 0.25) is 0 Å². The number of aromatic hydroxyl groups is 1. The van der Waals surface area contributed by atoms with Crippen molar-refractivity contribution in [3.8, 4) is 5.75 Å². The minimum Gasteiger partial charge on any atom is -0.507 e. The van der Waals surface area contributed by atoms with Crippen LogP contribution >= 0.6 is 11.3 Å². The topological polar surface area (TPSA) is 79.7 Å². The number of ether oxygens (including phenoxy) is 1. The molecule has 0 saturated heterocycles. The second kappa shape index (κ2) is 7.53. The van der Waals surface area contributed by atoms with Gasteiger partial charge in [0, 0.05) is 7.05 Å². The molecular weight excluding hydrogens is 352 g/mol. The molecule has 2 aromatic carbocycles. The van der Waals surface area contributed by atoms with Crippen LogP contribution in [0.5, 0.6) is 5.75 Å². The van der Waals surface area contributed by atoms with Crippen molar-refractivity contribution in [2.45, 2.75) is 13.0 Å². The van der Waals surface area contributed by atoms with Crippen molar-refractivity contribution in [2.75, 3.05) is 13.7 Å². The number of fused-ring (bicyclic) bond motifs is 1. The van der Waals surface area contributed by atoms with E-state index in [4.69, 9.17) is 4.74 Å². The molecule has 1 heterocycles. The summed E-state index contributed by atoms with van der Waals surface area (Å²) in [7, 11) is 1.65. The minimum atomic E-state index is -0.738. The molecule has 0 unspecified atom stereocenters. The average molecular weight is 370 g/mol. The highest BCUT2D eigenvalue weighted by Gasteiger charge is 2.22. The van der Waals surface area contributed by atoms with Crippen molar-refractivity contribution in [1.82, 2.24) is 9.88 Å². The van der Waals surface area contributed by atoms with Crippen LogP contribution in [0.3, 0.4) is 0 Å². The molecule has 6 nitrogen and oxygen atoms in total. The van der Waals surface area contributed by atoms with Crippen molar-refractivity contribution in [3.05, 3.63) is 59.1 Å². The predicted octanol–water partition coefficient (Wildman–Crippen LogP) is 3.38. The van der Waals surface area contributed by atoms with E-state index in [0.717, 1.165) is 15.2 Å². The van der Waals surface area contributed by atoms with Gasteiger partial charge in [-0.25, -0.2) is 9.78 Å². The quantitative estimate of drug-likeness (QED) is 0.697. The number of amides is 1. The van der Waals surface area contributed by atoms with Gasteiger partial charge in [0.2, 0.25) is 0 Å². The number of carbonyl (C=O) groups excluding carboxylic acids is 2. The number of phenolic OH excluding ortho intramolecular Hbond substituents is 1. The van der Waals surface area contributed by atoms with E-state index in [-0.39, 0.29) is 23.3 Å². The summed E-state index contributed by atoms with van der Waals surface area (Å²) in [4.78, 5) is 30.4. The summed E-state index contributed by atoms with van der Waals surface area (Å²) in [6, 6.07) is 13.6. The average Bonchev–Trinajstić information content (AvgIpc) is 3.09. The van der Waals surface area contributed by atoms with Gasteiger partial charge in [0.1, 0.15) is 16.3 Å². The van der Waals surface area contributed by atoms with Gasteiger partial charge in [-0.1, -0.05) is 24.3 Å². The normalized spacial score (nSPS) is 11.9. The lowest BCUT2D eigenvalue weighted by Crippen LogP contribution is -2.33. The van der Waals surface area contributed by atoms with Gasteiger partial charge in [0.05, 0.1) is 16.3 Å². The number of likely N-dealkylation sites (N-methyl/N-ethyl adjacent to an activating group) is 1. The van der Waals surface area contributed by atoms with E-state index in [1.54, 1.807) is 19.2 Å². The standard InChI is InChI=1S/C19H18N2O4S/c1-12(18-20-14-8-4-6-10-16(14)26-18)21(2)17(23)11-25-19(24)13-7-3-5-9-15(13)22/h3-10,12,22H,11H2,1-2H3/t12-/m1/s1. The number of carbonyl (C=O) groups is 2. The number of thiazole rings is 1. The molecule has 3 aromatic rings. The van der Waals surface area contributed by atoms with Crippen molar-refractivity contribution in [2.24, 2.45) is 0 Å². The van der Waals surface area contributed by atoms with Crippen molar-refractivity contribution in [3.63, 3.8) is 0 Å². The summed E-state index contributed by atoms with van der Waals surface area (Å²) in [5.41, 5.74) is 0.924. The highest BCUT2D eigenvalue weighted by Crippen LogP contribution is 2.28. The maximum atomic E-state index is 12.4. The summed E-state index contributed by atoms with van der Waals surface area (Å²) in [5, 5.41) is 10.5. The molecule has 7 heteroatoms. The highest BCUT2D eigenvalue weighted by atomic mass is 32.1. The number of hydrogen-bond donors (Lipinski definition) is 1. The molecule has 1 atom stereocenters. The van der Waals surface area contributed by atoms with E-state index >= 15 is 0 Å². The third-order valence-corrected chi connectivity index (χ3v) is 5.30. The van der Waals surface area contributed by atoms with E-state index in [1.165, 1.54) is 28.4 Å². The largest absolute Gasteiger partial charge is 0.507 e. The van der Waals surface area contributed by atoms with Crippen LogP contribution < -0.4 is 0 Å². The number of para-hydroxylation sites is 2. The molecule has 1 aromatic heterocycles. The van der Waals surface area contributed by atoms with E-state index in [2.05, 4.69) is 4.98 Å². The van der Waals surface area contributed by atoms with E-state index in [0.29, 0.717) is 0 Å². The van der Waals surface area contributed by atoms with Crippen LogP contribution in [-0.2, 0) is 9.53 Å². The Hall–Kier alpha value is -2.93. The van der Waals surface area contributed by atoms with Gasteiger partial charge in [0.15, 0.2) is 6.61 Å². The molecule has 0 aliphatic carbocycles. The van der Waals surface area contributed by atoms with Gasteiger partial charge in [-0.15, -0.1) is 11.3 Å². The molecule has 0 saturated carbocycles. The molecule has 0 aliphatic rings. The molecule has 3 rings (SSSR count). The van der Waals surface area contributed by atoms with E-state index < -0.39 is 12.6 Å². The zero-order chi connectivity index (χ0) is 18.7. The molecule has 0 spiro atoms. The third kappa shape index (κ3) is 3.67. The number of nitrogens with zero attached hydrogens (tertiary/aromatic N) is 2. The van der Waals surface area contributed by atoms with Crippen LogP contribution in [0.1, 0.15) is 28.3 Å². The summed E-state index contributed by atoms with van der Waals surface area (Å²) in [5.74, 6) is -1.26. The van der Waals surface area contributed by atoms with Crippen LogP contribution in [0.15, 0.2) is 48.5 Å². The van der Waals surface area contributed by atoms with Crippen LogP contribution in [0.4, 0.5) is 0 Å². The highest BCUT2D eigenvalue weighted by molar-refractivity contribution is 7.18. The number of phenols is 1. The summed E-state index contributed by atoms with van der Waals surface area (Å²) >= 11 is 1.53. The number of benzene rings is 2.